The third kappa shape index (κ3) is 2.56. The van der Waals surface area contributed by atoms with E-state index in [1.54, 1.807) is 10.9 Å². The lowest BCUT2D eigenvalue weighted by molar-refractivity contribution is 0.357. The minimum absolute atomic E-state index is 0.380. The van der Waals surface area contributed by atoms with Crippen LogP contribution >= 0.6 is 0 Å². The van der Waals surface area contributed by atoms with E-state index in [4.69, 9.17) is 10.3 Å². The van der Waals surface area contributed by atoms with Gasteiger partial charge < -0.3 is 10.3 Å². The second kappa shape index (κ2) is 4.30. The lowest BCUT2D eigenvalue weighted by atomic mass is 10.1. The molecule has 2 aromatic rings. The number of nitrogen functional groups attached to an aromatic ring is 1. The van der Waals surface area contributed by atoms with Crippen LogP contribution in [0.3, 0.4) is 0 Å². The first kappa shape index (κ1) is 10.6. The molecule has 2 N–H and O–H groups in total. The molecule has 7 heteroatoms. The SMILES string of the molecule is CC(C)Cc1nc(Cn2cc(N)nn2)no1. The number of nitrogens with two attached hydrogens (primary N) is 1. The molecule has 0 aliphatic rings. The number of hydrogen-bond donors (Lipinski definition) is 1. The van der Waals surface area contributed by atoms with Crippen LogP contribution in [0.15, 0.2) is 10.7 Å². The minimum Gasteiger partial charge on any atom is -0.381 e. The van der Waals surface area contributed by atoms with Gasteiger partial charge in [-0.2, -0.15) is 4.98 Å². The zero-order valence-corrected chi connectivity index (χ0v) is 9.29. The van der Waals surface area contributed by atoms with Crippen LogP contribution in [0.4, 0.5) is 5.82 Å². The van der Waals surface area contributed by atoms with E-state index in [-0.39, 0.29) is 0 Å². The van der Waals surface area contributed by atoms with Gasteiger partial charge in [0.15, 0.2) is 11.6 Å². The van der Waals surface area contributed by atoms with E-state index in [0.29, 0.717) is 30.0 Å². The smallest absolute Gasteiger partial charge is 0.226 e. The molecule has 0 amide bonds. The van der Waals surface area contributed by atoms with Gasteiger partial charge in [0.1, 0.15) is 6.54 Å². The standard InChI is InChI=1S/C9H14N6O/c1-6(2)3-9-11-8(13-16-9)5-15-4-7(10)12-14-15/h4,6H,3,5,10H2,1-2H3. The summed E-state index contributed by atoms with van der Waals surface area (Å²) in [5.41, 5.74) is 5.44. The summed E-state index contributed by atoms with van der Waals surface area (Å²) < 4.78 is 6.67. The van der Waals surface area contributed by atoms with E-state index < -0.39 is 0 Å². The molecule has 86 valence electrons. The van der Waals surface area contributed by atoms with Crippen molar-refractivity contribution in [3.8, 4) is 0 Å². The summed E-state index contributed by atoms with van der Waals surface area (Å²) >= 11 is 0. The molecular formula is C9H14N6O. The lowest BCUT2D eigenvalue weighted by Crippen LogP contribution is -2.02. The molecule has 0 bridgehead atoms. The maximum Gasteiger partial charge on any atom is 0.226 e. The van der Waals surface area contributed by atoms with Crippen molar-refractivity contribution < 1.29 is 4.52 Å². The van der Waals surface area contributed by atoms with E-state index in [1.807, 2.05) is 0 Å². The van der Waals surface area contributed by atoms with Crippen LogP contribution in [-0.2, 0) is 13.0 Å². The molecule has 0 unspecified atom stereocenters. The first-order valence-electron chi connectivity index (χ1n) is 5.10. The molecule has 0 aliphatic carbocycles. The topological polar surface area (TPSA) is 95.7 Å². The van der Waals surface area contributed by atoms with Gasteiger partial charge in [-0.15, -0.1) is 5.10 Å². The average Bonchev–Trinajstić information content (AvgIpc) is 2.76. The van der Waals surface area contributed by atoms with E-state index in [1.165, 1.54) is 0 Å². The molecule has 0 atom stereocenters. The van der Waals surface area contributed by atoms with Gasteiger partial charge in [-0.1, -0.05) is 24.2 Å². The highest BCUT2D eigenvalue weighted by Crippen LogP contribution is 2.06. The van der Waals surface area contributed by atoms with E-state index >= 15 is 0 Å². The second-order valence-electron chi connectivity index (χ2n) is 4.04. The molecule has 2 rings (SSSR count). The van der Waals surface area contributed by atoms with Crippen LogP contribution in [0.1, 0.15) is 25.6 Å². The Hall–Kier alpha value is -1.92. The molecule has 2 aromatic heterocycles. The predicted molar refractivity (Wildman–Crippen MR) is 56.4 cm³/mol. The fourth-order valence-corrected chi connectivity index (χ4v) is 1.32. The largest absolute Gasteiger partial charge is 0.381 e. The minimum atomic E-state index is 0.380. The first-order valence-corrected chi connectivity index (χ1v) is 5.10. The summed E-state index contributed by atoms with van der Waals surface area (Å²) in [6.45, 7) is 4.62. The monoisotopic (exact) mass is 222 g/mol. The van der Waals surface area contributed by atoms with Crippen LogP contribution in [0.2, 0.25) is 0 Å². The van der Waals surface area contributed by atoms with Gasteiger partial charge in [-0.25, -0.2) is 4.68 Å². The van der Waals surface area contributed by atoms with Gasteiger partial charge in [0, 0.05) is 6.42 Å². The summed E-state index contributed by atoms with van der Waals surface area (Å²) in [5, 5.41) is 11.3. The predicted octanol–water partition coefficient (Wildman–Crippen LogP) is 0.490. The van der Waals surface area contributed by atoms with Crippen LogP contribution in [0, 0.1) is 5.92 Å². The molecule has 0 fully saturated rings. The number of nitrogens with zero attached hydrogens (tertiary/aromatic N) is 5. The zero-order chi connectivity index (χ0) is 11.5. The third-order valence-electron chi connectivity index (χ3n) is 1.95. The van der Waals surface area contributed by atoms with Crippen LogP contribution < -0.4 is 5.73 Å². The van der Waals surface area contributed by atoms with E-state index in [2.05, 4.69) is 34.3 Å². The molecule has 7 nitrogen and oxygen atoms in total. The van der Waals surface area contributed by atoms with Crippen molar-refractivity contribution >= 4 is 5.82 Å². The van der Waals surface area contributed by atoms with Crippen molar-refractivity contribution in [2.24, 2.45) is 5.92 Å². The number of hydrogen-bond acceptors (Lipinski definition) is 6. The quantitative estimate of drug-likeness (QED) is 0.808. The molecule has 0 aliphatic heterocycles. The van der Waals surface area contributed by atoms with Gasteiger partial charge >= 0.3 is 0 Å². The number of anilines is 1. The Morgan fingerprint density at radius 2 is 2.31 bits per heavy atom. The summed E-state index contributed by atoms with van der Waals surface area (Å²) in [6, 6.07) is 0. The van der Waals surface area contributed by atoms with Crippen molar-refractivity contribution in [3.63, 3.8) is 0 Å². The molecular weight excluding hydrogens is 208 g/mol. The maximum absolute atomic E-state index is 5.44. The molecule has 2 heterocycles. The van der Waals surface area contributed by atoms with Crippen molar-refractivity contribution in [3.05, 3.63) is 17.9 Å². The summed E-state index contributed by atoms with van der Waals surface area (Å²) in [7, 11) is 0. The molecule has 0 saturated heterocycles. The first-order chi connectivity index (χ1) is 7.63. The van der Waals surface area contributed by atoms with Crippen molar-refractivity contribution in [2.75, 3.05) is 5.73 Å². The normalized spacial score (nSPS) is 11.2. The van der Waals surface area contributed by atoms with E-state index in [9.17, 15) is 0 Å². The van der Waals surface area contributed by atoms with Gasteiger partial charge in [0.25, 0.3) is 0 Å². The lowest BCUT2D eigenvalue weighted by Gasteiger charge is -1.96. The molecule has 0 spiro atoms. The van der Waals surface area contributed by atoms with Gasteiger partial charge in [0.05, 0.1) is 6.20 Å². The Morgan fingerprint density at radius 3 is 2.94 bits per heavy atom. The molecule has 0 aromatic carbocycles. The second-order valence-corrected chi connectivity index (χ2v) is 4.04. The van der Waals surface area contributed by atoms with Gasteiger partial charge in [-0.05, 0) is 5.92 Å². The van der Waals surface area contributed by atoms with E-state index in [0.717, 1.165) is 6.42 Å². The summed E-state index contributed by atoms with van der Waals surface area (Å²) in [4.78, 5) is 4.25. The summed E-state index contributed by atoms with van der Waals surface area (Å²) in [6.07, 6.45) is 2.41. The highest BCUT2D eigenvalue weighted by atomic mass is 16.5. The molecule has 16 heavy (non-hydrogen) atoms. The van der Waals surface area contributed by atoms with Gasteiger partial charge in [0.2, 0.25) is 5.89 Å². The third-order valence-corrected chi connectivity index (χ3v) is 1.95. The zero-order valence-electron chi connectivity index (χ0n) is 9.29. The Balaban J connectivity index is 2.02. The number of rotatable bonds is 4. The fraction of sp³-hybridized carbons (Fsp3) is 0.556. The van der Waals surface area contributed by atoms with Gasteiger partial charge in [-0.3, -0.25) is 0 Å². The highest BCUT2D eigenvalue weighted by molar-refractivity contribution is 5.19. The molecule has 0 saturated carbocycles. The Labute approximate surface area is 92.6 Å². The number of aromatic nitrogens is 5. The Kier molecular flexibility index (Phi) is 2.84. The Morgan fingerprint density at radius 1 is 1.50 bits per heavy atom. The highest BCUT2D eigenvalue weighted by Gasteiger charge is 2.09. The average molecular weight is 222 g/mol. The van der Waals surface area contributed by atoms with Crippen LogP contribution in [0.25, 0.3) is 0 Å². The Bertz CT molecular complexity index is 460. The van der Waals surface area contributed by atoms with Crippen molar-refractivity contribution in [2.45, 2.75) is 26.8 Å². The van der Waals surface area contributed by atoms with Crippen LogP contribution in [-0.4, -0.2) is 25.1 Å². The maximum atomic E-state index is 5.44. The van der Waals surface area contributed by atoms with Crippen molar-refractivity contribution in [1.29, 1.82) is 0 Å². The molecule has 0 radical (unpaired) electrons. The fourth-order valence-electron chi connectivity index (χ4n) is 1.32. The summed E-state index contributed by atoms with van der Waals surface area (Å²) in [5.74, 6) is 2.11. The van der Waals surface area contributed by atoms with Crippen LogP contribution in [0.5, 0.6) is 0 Å². The van der Waals surface area contributed by atoms with Crippen molar-refractivity contribution in [1.82, 2.24) is 25.1 Å².